The number of hydrogen-bond donors (Lipinski definition) is 0. The molecule has 0 aromatic rings. The summed E-state index contributed by atoms with van der Waals surface area (Å²) in [6, 6.07) is 0. The van der Waals surface area contributed by atoms with Gasteiger partial charge in [0.05, 0.1) is 0 Å². The normalized spacial score (nSPS) is 23.6. The standard InChI is InChI=1S/C40H56/c1-31(19-13-21-33(3)25-27-37-35(5)23-15-29-39(37,7)8)17-11-12-18-32(2)20-14-22-34(4)26-28-38-36(6)24-16-30-40(38,9)10/h11-14,17-23,25-28,37H,15-16,24,29-30H2,1-10H3/t37-/m0/s1. The minimum Gasteiger partial charge on any atom is -0.0850 e. The van der Waals surface area contributed by atoms with Crippen molar-refractivity contribution < 1.29 is 0 Å². The van der Waals surface area contributed by atoms with Crippen LogP contribution in [0, 0.1) is 16.7 Å². The zero-order chi connectivity index (χ0) is 29.8. The Morgan fingerprint density at radius 3 is 1.77 bits per heavy atom. The van der Waals surface area contributed by atoms with Gasteiger partial charge in [-0.15, -0.1) is 0 Å². The molecule has 0 aromatic carbocycles. The Balaban J connectivity index is 1.88. The fraction of sp³-hybridized carbons (Fsp3) is 0.450. The molecule has 0 nitrogen and oxygen atoms in total. The van der Waals surface area contributed by atoms with Crippen LogP contribution in [0.2, 0.25) is 0 Å². The van der Waals surface area contributed by atoms with Crippen molar-refractivity contribution >= 4 is 0 Å². The van der Waals surface area contributed by atoms with E-state index in [1.165, 1.54) is 65.5 Å². The van der Waals surface area contributed by atoms with Gasteiger partial charge in [-0.25, -0.2) is 0 Å². The maximum Gasteiger partial charge on any atom is 0.00285 e. The van der Waals surface area contributed by atoms with E-state index in [9.17, 15) is 0 Å². The number of hydrogen-bond acceptors (Lipinski definition) is 0. The second-order valence-electron chi connectivity index (χ2n) is 13.3. The van der Waals surface area contributed by atoms with Crippen LogP contribution >= 0.6 is 0 Å². The molecule has 0 fully saturated rings. The molecule has 40 heavy (non-hydrogen) atoms. The summed E-state index contributed by atoms with van der Waals surface area (Å²) in [6.45, 7) is 22.7. The van der Waals surface area contributed by atoms with Crippen molar-refractivity contribution in [2.45, 2.75) is 101 Å². The van der Waals surface area contributed by atoms with E-state index < -0.39 is 0 Å². The fourth-order valence-electron chi connectivity index (χ4n) is 5.80. The summed E-state index contributed by atoms with van der Waals surface area (Å²) in [7, 11) is 0. The van der Waals surface area contributed by atoms with Gasteiger partial charge in [-0.1, -0.05) is 152 Å². The van der Waals surface area contributed by atoms with Crippen molar-refractivity contribution in [1.29, 1.82) is 0 Å². The predicted octanol–water partition coefficient (Wildman–Crippen LogP) is 12.5. The molecule has 0 spiro atoms. The van der Waals surface area contributed by atoms with Crippen LogP contribution in [0.3, 0.4) is 0 Å². The minimum absolute atomic E-state index is 0.291. The van der Waals surface area contributed by atoms with Gasteiger partial charge in [-0.05, 0) is 90.0 Å². The molecule has 0 aromatic heterocycles. The summed E-state index contributed by atoms with van der Waals surface area (Å²) in [5.74, 6) is 0.532. The molecule has 0 heterocycles. The molecule has 0 amide bonds. The quantitative estimate of drug-likeness (QED) is 0.192. The molecule has 2 rings (SSSR count). The monoisotopic (exact) mass is 536 g/mol. The topological polar surface area (TPSA) is 0 Å². The lowest BCUT2D eigenvalue weighted by Gasteiger charge is -2.36. The lowest BCUT2D eigenvalue weighted by atomic mass is 9.68. The Morgan fingerprint density at radius 1 is 0.700 bits per heavy atom. The molecular weight excluding hydrogens is 480 g/mol. The highest BCUT2D eigenvalue weighted by Crippen LogP contribution is 2.42. The first-order valence-corrected chi connectivity index (χ1v) is 15.3. The lowest BCUT2D eigenvalue weighted by molar-refractivity contribution is 0.255. The average Bonchev–Trinajstić information content (AvgIpc) is 2.85. The zero-order valence-electron chi connectivity index (χ0n) is 27.3. The van der Waals surface area contributed by atoms with Gasteiger partial charge in [-0.3, -0.25) is 0 Å². The van der Waals surface area contributed by atoms with Crippen molar-refractivity contribution in [3.63, 3.8) is 0 Å². The predicted molar refractivity (Wildman–Crippen MR) is 181 cm³/mol. The van der Waals surface area contributed by atoms with Gasteiger partial charge in [0.15, 0.2) is 0 Å². The molecule has 0 unspecified atom stereocenters. The minimum atomic E-state index is 0.291. The molecular formula is C40H56. The molecule has 0 saturated heterocycles. The third kappa shape index (κ3) is 11.3. The number of rotatable bonds is 10. The van der Waals surface area contributed by atoms with E-state index >= 15 is 0 Å². The third-order valence-electron chi connectivity index (χ3n) is 8.46. The van der Waals surface area contributed by atoms with Crippen LogP contribution in [0.25, 0.3) is 0 Å². The summed E-state index contributed by atoms with van der Waals surface area (Å²) in [5.41, 5.74) is 10.2. The van der Waals surface area contributed by atoms with E-state index in [4.69, 9.17) is 0 Å². The molecule has 216 valence electrons. The van der Waals surface area contributed by atoms with Crippen molar-refractivity contribution in [3.05, 3.63) is 130 Å². The smallest absolute Gasteiger partial charge is 0.00285 e. The van der Waals surface area contributed by atoms with Crippen LogP contribution in [-0.4, -0.2) is 0 Å². The second kappa shape index (κ2) is 15.8. The zero-order valence-corrected chi connectivity index (χ0v) is 27.3. The van der Waals surface area contributed by atoms with Crippen molar-refractivity contribution in [2.75, 3.05) is 0 Å². The van der Waals surface area contributed by atoms with Crippen LogP contribution in [-0.2, 0) is 0 Å². The van der Waals surface area contributed by atoms with Gasteiger partial charge in [0.25, 0.3) is 0 Å². The first-order valence-electron chi connectivity index (χ1n) is 15.3. The van der Waals surface area contributed by atoms with Gasteiger partial charge < -0.3 is 0 Å². The summed E-state index contributed by atoms with van der Waals surface area (Å²) in [4.78, 5) is 0. The van der Waals surface area contributed by atoms with Gasteiger partial charge >= 0.3 is 0 Å². The highest BCUT2D eigenvalue weighted by molar-refractivity contribution is 5.37. The Morgan fingerprint density at radius 2 is 1.23 bits per heavy atom. The molecule has 0 heteroatoms. The van der Waals surface area contributed by atoms with Crippen LogP contribution in [0.1, 0.15) is 101 Å². The second-order valence-corrected chi connectivity index (χ2v) is 13.3. The highest BCUT2D eigenvalue weighted by atomic mass is 14.3. The summed E-state index contributed by atoms with van der Waals surface area (Å²) < 4.78 is 0. The van der Waals surface area contributed by atoms with E-state index in [0.29, 0.717) is 16.7 Å². The molecule has 0 aliphatic heterocycles. The molecule has 2 aliphatic carbocycles. The van der Waals surface area contributed by atoms with Gasteiger partial charge in [0.1, 0.15) is 0 Å². The average molecular weight is 537 g/mol. The van der Waals surface area contributed by atoms with Crippen LogP contribution in [0.5, 0.6) is 0 Å². The van der Waals surface area contributed by atoms with E-state index in [1.807, 2.05) is 0 Å². The largest absolute Gasteiger partial charge is 0.0850 e. The highest BCUT2D eigenvalue weighted by Gasteiger charge is 2.30. The molecule has 0 saturated carbocycles. The van der Waals surface area contributed by atoms with Crippen molar-refractivity contribution in [1.82, 2.24) is 0 Å². The molecule has 0 bridgehead atoms. The SMILES string of the molecule is CC(C=CC=C(C)C=CC1=C(C)CCCC1(C)C)=CC=CC=C(C)C=CC=C(C)C=C[C@H]1C(C)=CCCC1(C)C. The molecule has 1 atom stereocenters. The summed E-state index contributed by atoms with van der Waals surface area (Å²) in [6.07, 6.45) is 39.5. The van der Waals surface area contributed by atoms with Crippen LogP contribution in [0.4, 0.5) is 0 Å². The van der Waals surface area contributed by atoms with E-state index in [1.54, 1.807) is 5.57 Å². The Labute approximate surface area is 247 Å². The lowest BCUT2D eigenvalue weighted by Crippen LogP contribution is -2.26. The Bertz CT molecular complexity index is 1200. The van der Waals surface area contributed by atoms with E-state index in [2.05, 4.69) is 160 Å². The summed E-state index contributed by atoms with van der Waals surface area (Å²) >= 11 is 0. The van der Waals surface area contributed by atoms with E-state index in [0.717, 1.165) is 0 Å². The van der Waals surface area contributed by atoms with Crippen molar-refractivity contribution in [3.8, 4) is 0 Å². The van der Waals surface area contributed by atoms with Gasteiger partial charge in [0.2, 0.25) is 0 Å². The first kappa shape index (κ1) is 33.3. The van der Waals surface area contributed by atoms with Crippen LogP contribution < -0.4 is 0 Å². The Hall–Kier alpha value is -2.86. The fourth-order valence-corrected chi connectivity index (χ4v) is 5.80. The van der Waals surface area contributed by atoms with Crippen LogP contribution in [0.15, 0.2) is 130 Å². The summed E-state index contributed by atoms with van der Waals surface area (Å²) in [5, 5.41) is 0. The molecule has 0 radical (unpaired) electrons. The van der Waals surface area contributed by atoms with Crippen molar-refractivity contribution in [2.24, 2.45) is 16.7 Å². The maximum atomic E-state index is 2.41. The molecule has 2 aliphatic rings. The van der Waals surface area contributed by atoms with Gasteiger partial charge in [-0.2, -0.15) is 0 Å². The number of allylic oxidation sites excluding steroid dienone is 22. The third-order valence-corrected chi connectivity index (χ3v) is 8.46. The molecule has 0 N–H and O–H groups in total. The Kier molecular flexibility index (Phi) is 13.2. The first-order chi connectivity index (χ1) is 18.8. The van der Waals surface area contributed by atoms with Gasteiger partial charge in [0, 0.05) is 5.92 Å². The maximum absolute atomic E-state index is 2.41. The van der Waals surface area contributed by atoms with E-state index in [-0.39, 0.29) is 0 Å².